The highest BCUT2D eigenvalue weighted by atomic mass is 15.0. The molecule has 0 fully saturated rings. The van der Waals surface area contributed by atoms with Gasteiger partial charge in [0.05, 0.1) is 6.07 Å². The Bertz CT molecular complexity index is 139. The summed E-state index contributed by atoms with van der Waals surface area (Å²) in [5, 5.41) is 8.43. The van der Waals surface area contributed by atoms with E-state index in [2.05, 4.69) is 6.07 Å². The lowest BCUT2D eigenvalue weighted by molar-refractivity contribution is 0.558. The van der Waals surface area contributed by atoms with Crippen molar-refractivity contribution >= 4 is 0 Å². The lowest BCUT2D eigenvalue weighted by Crippen LogP contribution is -2.01. The van der Waals surface area contributed by atoms with E-state index in [0.29, 0.717) is 0 Å². The maximum atomic E-state index is 8.43. The average molecular weight is 124 g/mol. The van der Waals surface area contributed by atoms with E-state index in [1.807, 2.05) is 32.1 Å². The van der Waals surface area contributed by atoms with E-state index >= 15 is 0 Å². The van der Waals surface area contributed by atoms with Gasteiger partial charge in [0.15, 0.2) is 0 Å². The highest BCUT2D eigenvalue weighted by Crippen LogP contribution is 1.97. The lowest BCUT2D eigenvalue weighted by atomic mass is 10.2. The molecule has 9 heavy (non-hydrogen) atoms. The van der Waals surface area contributed by atoms with Crippen LogP contribution in [0.1, 0.15) is 13.3 Å². The normalized spacial score (nSPS) is 10.7. The maximum Gasteiger partial charge on any atom is 0.0962 e. The molecule has 0 amide bonds. The molecule has 0 rings (SSSR count). The third kappa shape index (κ3) is 3.60. The van der Waals surface area contributed by atoms with Gasteiger partial charge in [0, 0.05) is 25.9 Å². The molecule has 50 valence electrons. The van der Waals surface area contributed by atoms with Gasteiger partial charge in [-0.2, -0.15) is 5.26 Å². The summed E-state index contributed by atoms with van der Waals surface area (Å²) in [4.78, 5) is 1.88. The third-order valence-electron chi connectivity index (χ3n) is 0.939. The van der Waals surface area contributed by atoms with Crippen LogP contribution in [-0.4, -0.2) is 19.0 Å². The minimum atomic E-state index is 0.814. The maximum absolute atomic E-state index is 8.43. The van der Waals surface area contributed by atoms with Crippen LogP contribution in [0.15, 0.2) is 11.8 Å². The topological polar surface area (TPSA) is 27.0 Å². The van der Waals surface area contributed by atoms with Crippen LogP contribution in [0.25, 0.3) is 0 Å². The molecule has 0 saturated carbocycles. The Hall–Kier alpha value is -0.970. The predicted octanol–water partition coefficient (Wildman–Crippen LogP) is 1.37. The van der Waals surface area contributed by atoms with Crippen molar-refractivity contribution in [2.45, 2.75) is 13.3 Å². The molecular weight excluding hydrogens is 112 g/mol. The number of nitrogens with zero attached hydrogens (tertiary/aromatic N) is 2. The zero-order valence-corrected chi connectivity index (χ0v) is 6.18. The second kappa shape index (κ2) is 3.96. The molecule has 0 aromatic heterocycles. The summed E-state index contributed by atoms with van der Waals surface area (Å²) in [5.74, 6) is 0. The summed E-state index contributed by atoms with van der Waals surface area (Å²) >= 11 is 0. The van der Waals surface area contributed by atoms with Gasteiger partial charge in [-0.05, 0) is 6.42 Å². The van der Waals surface area contributed by atoms with E-state index in [-0.39, 0.29) is 0 Å². The fourth-order valence-electron chi connectivity index (χ4n) is 0.511. The molecule has 0 unspecified atom stereocenters. The van der Waals surface area contributed by atoms with Crippen molar-refractivity contribution in [1.82, 2.24) is 4.90 Å². The van der Waals surface area contributed by atoms with Gasteiger partial charge in [0.2, 0.25) is 0 Å². The van der Waals surface area contributed by atoms with Gasteiger partial charge in [-0.1, -0.05) is 6.92 Å². The minimum Gasteiger partial charge on any atom is -0.383 e. The fraction of sp³-hybridized carbons (Fsp3) is 0.571. The summed E-state index contributed by atoms with van der Waals surface area (Å²) in [6.45, 7) is 1.97. The van der Waals surface area contributed by atoms with Crippen molar-refractivity contribution < 1.29 is 0 Å². The second-order valence-electron chi connectivity index (χ2n) is 2.08. The molecule has 0 aliphatic carbocycles. The fourth-order valence-corrected chi connectivity index (χ4v) is 0.511. The van der Waals surface area contributed by atoms with Crippen LogP contribution >= 0.6 is 0 Å². The smallest absolute Gasteiger partial charge is 0.0962 e. The Balaban J connectivity index is 3.96. The van der Waals surface area contributed by atoms with Crippen molar-refractivity contribution in [3.8, 4) is 6.07 Å². The third-order valence-corrected chi connectivity index (χ3v) is 0.939. The van der Waals surface area contributed by atoms with Crippen LogP contribution in [0.4, 0.5) is 0 Å². The molecule has 0 aromatic carbocycles. The quantitative estimate of drug-likeness (QED) is 0.520. The van der Waals surface area contributed by atoms with Crippen molar-refractivity contribution in [3.63, 3.8) is 0 Å². The Morgan fingerprint density at radius 1 is 1.67 bits per heavy atom. The van der Waals surface area contributed by atoms with Gasteiger partial charge in [0.25, 0.3) is 0 Å². The van der Waals surface area contributed by atoms with Crippen molar-refractivity contribution in [2.75, 3.05) is 14.1 Å². The summed E-state index contributed by atoms with van der Waals surface area (Å²) < 4.78 is 0. The molecule has 0 aliphatic heterocycles. The molecule has 2 nitrogen and oxygen atoms in total. The molecule has 0 heterocycles. The van der Waals surface area contributed by atoms with Crippen LogP contribution in [0, 0.1) is 11.3 Å². The zero-order chi connectivity index (χ0) is 7.28. The van der Waals surface area contributed by atoms with Crippen LogP contribution in [0.2, 0.25) is 0 Å². The molecular formula is C7H12N2. The van der Waals surface area contributed by atoms with Crippen LogP contribution in [-0.2, 0) is 0 Å². The SMILES string of the molecule is CCC(C#N)=CN(C)C. The molecule has 0 radical (unpaired) electrons. The van der Waals surface area contributed by atoms with Gasteiger partial charge in [-0.3, -0.25) is 0 Å². The number of rotatable bonds is 2. The molecule has 0 aromatic rings. The van der Waals surface area contributed by atoms with E-state index in [9.17, 15) is 0 Å². The van der Waals surface area contributed by atoms with Gasteiger partial charge in [-0.25, -0.2) is 0 Å². The molecule has 2 heteroatoms. The highest BCUT2D eigenvalue weighted by Gasteiger charge is 1.88. The van der Waals surface area contributed by atoms with Crippen LogP contribution in [0.5, 0.6) is 0 Å². The summed E-state index contributed by atoms with van der Waals surface area (Å²) in [6.07, 6.45) is 2.65. The van der Waals surface area contributed by atoms with E-state index < -0.39 is 0 Å². The van der Waals surface area contributed by atoms with Crippen LogP contribution in [0.3, 0.4) is 0 Å². The minimum absolute atomic E-state index is 0.814. The first-order valence-electron chi connectivity index (χ1n) is 2.98. The summed E-state index contributed by atoms with van der Waals surface area (Å²) in [5.41, 5.74) is 0.819. The van der Waals surface area contributed by atoms with E-state index in [0.717, 1.165) is 12.0 Å². The molecule has 0 aliphatic rings. The van der Waals surface area contributed by atoms with Gasteiger partial charge in [-0.15, -0.1) is 0 Å². The van der Waals surface area contributed by atoms with Crippen LogP contribution < -0.4 is 0 Å². The Morgan fingerprint density at radius 3 is 2.33 bits per heavy atom. The molecule has 0 spiro atoms. The number of nitriles is 1. The molecule has 0 bridgehead atoms. The molecule has 0 saturated heterocycles. The van der Waals surface area contributed by atoms with E-state index in [4.69, 9.17) is 5.26 Å². The predicted molar refractivity (Wildman–Crippen MR) is 37.7 cm³/mol. The Labute approximate surface area is 56.4 Å². The molecule has 0 N–H and O–H groups in total. The molecule has 0 atom stereocenters. The van der Waals surface area contributed by atoms with Crippen molar-refractivity contribution in [2.24, 2.45) is 0 Å². The highest BCUT2D eigenvalue weighted by molar-refractivity contribution is 5.18. The largest absolute Gasteiger partial charge is 0.383 e. The van der Waals surface area contributed by atoms with Gasteiger partial charge in [0.1, 0.15) is 0 Å². The first kappa shape index (κ1) is 8.03. The van der Waals surface area contributed by atoms with E-state index in [1.165, 1.54) is 0 Å². The van der Waals surface area contributed by atoms with Crippen molar-refractivity contribution in [1.29, 1.82) is 5.26 Å². The first-order valence-corrected chi connectivity index (χ1v) is 2.98. The summed E-state index contributed by atoms with van der Waals surface area (Å²) in [7, 11) is 3.82. The first-order chi connectivity index (χ1) is 4.20. The lowest BCUT2D eigenvalue weighted by Gasteiger charge is -2.03. The Morgan fingerprint density at radius 2 is 2.22 bits per heavy atom. The van der Waals surface area contributed by atoms with Crippen molar-refractivity contribution in [3.05, 3.63) is 11.8 Å². The number of allylic oxidation sites excluding steroid dienone is 1. The van der Waals surface area contributed by atoms with Gasteiger partial charge < -0.3 is 4.90 Å². The zero-order valence-electron chi connectivity index (χ0n) is 6.18. The van der Waals surface area contributed by atoms with E-state index in [1.54, 1.807) is 0 Å². The number of hydrogen-bond donors (Lipinski definition) is 0. The second-order valence-corrected chi connectivity index (χ2v) is 2.08. The monoisotopic (exact) mass is 124 g/mol. The number of hydrogen-bond acceptors (Lipinski definition) is 2. The Kier molecular flexibility index (Phi) is 3.54. The average Bonchev–Trinajstić information content (AvgIpc) is 1.82. The summed E-state index contributed by atoms with van der Waals surface area (Å²) in [6, 6.07) is 2.10. The van der Waals surface area contributed by atoms with Gasteiger partial charge >= 0.3 is 0 Å². The standard InChI is InChI=1S/C7H12N2/c1-4-7(5-8)6-9(2)3/h6H,4H2,1-3H3.